The lowest BCUT2D eigenvalue weighted by molar-refractivity contribution is 0.0693. The van der Waals surface area contributed by atoms with Crippen LogP contribution in [0, 0.1) is 0 Å². The van der Waals surface area contributed by atoms with Crippen LogP contribution in [0.4, 0.5) is 0 Å². The van der Waals surface area contributed by atoms with E-state index < -0.39 is 5.97 Å². The van der Waals surface area contributed by atoms with Crippen LogP contribution in [0.1, 0.15) is 27.6 Å². The zero-order chi connectivity index (χ0) is 16.1. The number of benzene rings is 2. The van der Waals surface area contributed by atoms with E-state index in [9.17, 15) is 14.7 Å². The van der Waals surface area contributed by atoms with Crippen LogP contribution in [-0.2, 0) is 0 Å². The molecular weight excluding hydrogens is 282 g/mol. The lowest BCUT2D eigenvalue weighted by Crippen LogP contribution is -2.22. The summed E-state index contributed by atoms with van der Waals surface area (Å²) in [7, 11) is 1.43. The van der Waals surface area contributed by atoms with E-state index in [1.165, 1.54) is 13.2 Å². The van der Waals surface area contributed by atoms with Crippen molar-refractivity contribution in [3.8, 4) is 16.9 Å². The Hall–Kier alpha value is -2.82. The maximum absolute atomic E-state index is 11.9. The number of aromatic carboxylic acids is 1. The van der Waals surface area contributed by atoms with Gasteiger partial charge < -0.3 is 15.2 Å². The van der Waals surface area contributed by atoms with Crippen molar-refractivity contribution in [3.63, 3.8) is 0 Å². The molecule has 0 fully saturated rings. The number of carbonyl (C=O) groups excluding carboxylic acids is 1. The van der Waals surface area contributed by atoms with Crippen molar-refractivity contribution in [2.75, 3.05) is 13.7 Å². The maximum atomic E-state index is 11.9. The number of amides is 1. The third-order valence-electron chi connectivity index (χ3n) is 3.22. The molecule has 5 heteroatoms. The predicted molar refractivity (Wildman–Crippen MR) is 83.4 cm³/mol. The van der Waals surface area contributed by atoms with Gasteiger partial charge in [0.15, 0.2) is 0 Å². The van der Waals surface area contributed by atoms with E-state index in [1.807, 2.05) is 13.0 Å². The maximum Gasteiger partial charge on any atom is 0.339 e. The second-order valence-corrected chi connectivity index (χ2v) is 4.63. The molecule has 2 N–H and O–H groups in total. The number of carbonyl (C=O) groups is 2. The van der Waals surface area contributed by atoms with E-state index in [1.54, 1.807) is 30.3 Å². The van der Waals surface area contributed by atoms with Crippen molar-refractivity contribution >= 4 is 11.9 Å². The number of nitrogens with one attached hydrogen (secondary N) is 1. The molecule has 0 heterocycles. The molecule has 5 nitrogen and oxygen atoms in total. The van der Waals surface area contributed by atoms with Gasteiger partial charge in [0, 0.05) is 17.7 Å². The lowest BCUT2D eigenvalue weighted by Gasteiger charge is -2.12. The van der Waals surface area contributed by atoms with Gasteiger partial charge >= 0.3 is 5.97 Å². The Morgan fingerprint density at radius 3 is 2.55 bits per heavy atom. The van der Waals surface area contributed by atoms with Crippen LogP contribution in [0.3, 0.4) is 0 Å². The predicted octanol–water partition coefficient (Wildman–Crippen LogP) is 2.81. The molecular formula is C17H17NO4. The molecule has 0 aliphatic heterocycles. The van der Waals surface area contributed by atoms with Crippen molar-refractivity contribution in [2.45, 2.75) is 6.92 Å². The zero-order valence-corrected chi connectivity index (χ0v) is 12.4. The largest absolute Gasteiger partial charge is 0.495 e. The SMILES string of the molecule is CCNC(=O)c1cccc(-c2cccc(C(=O)O)c2OC)c1. The van der Waals surface area contributed by atoms with Crippen molar-refractivity contribution in [3.05, 3.63) is 53.6 Å². The molecule has 1 amide bonds. The number of carboxylic acids is 1. The molecule has 0 spiro atoms. The molecule has 0 saturated heterocycles. The van der Waals surface area contributed by atoms with Crippen molar-refractivity contribution < 1.29 is 19.4 Å². The summed E-state index contributed by atoms with van der Waals surface area (Å²) in [6.45, 7) is 2.39. The highest BCUT2D eigenvalue weighted by atomic mass is 16.5. The van der Waals surface area contributed by atoms with Gasteiger partial charge in [-0.1, -0.05) is 24.3 Å². The lowest BCUT2D eigenvalue weighted by atomic mass is 9.99. The number of ether oxygens (including phenoxy) is 1. The molecule has 0 saturated carbocycles. The van der Waals surface area contributed by atoms with Crippen molar-refractivity contribution in [1.82, 2.24) is 5.32 Å². The molecule has 22 heavy (non-hydrogen) atoms. The van der Waals surface area contributed by atoms with Crippen LogP contribution in [0.5, 0.6) is 5.75 Å². The summed E-state index contributed by atoms with van der Waals surface area (Å²) in [4.78, 5) is 23.2. The molecule has 2 aromatic carbocycles. The standard InChI is InChI=1S/C17H17NO4/c1-3-18-16(19)12-7-4-6-11(10-12)13-8-5-9-14(17(20)21)15(13)22-2/h4-10H,3H2,1-2H3,(H,18,19)(H,20,21). The first kappa shape index (κ1) is 15.6. The van der Waals surface area contributed by atoms with Crippen molar-refractivity contribution in [1.29, 1.82) is 0 Å². The number of hydrogen-bond donors (Lipinski definition) is 2. The third-order valence-corrected chi connectivity index (χ3v) is 3.22. The smallest absolute Gasteiger partial charge is 0.339 e. The number of hydrogen-bond acceptors (Lipinski definition) is 3. The fourth-order valence-corrected chi connectivity index (χ4v) is 2.24. The summed E-state index contributed by atoms with van der Waals surface area (Å²) in [6, 6.07) is 11.9. The van der Waals surface area contributed by atoms with Gasteiger partial charge in [-0.25, -0.2) is 4.79 Å². The van der Waals surface area contributed by atoms with Crippen LogP contribution in [0.15, 0.2) is 42.5 Å². The Balaban J connectivity index is 2.53. The molecule has 0 aliphatic rings. The van der Waals surface area contributed by atoms with E-state index in [2.05, 4.69) is 5.32 Å². The first-order valence-electron chi connectivity index (χ1n) is 6.87. The topological polar surface area (TPSA) is 75.6 Å². The molecule has 0 aromatic heterocycles. The second-order valence-electron chi connectivity index (χ2n) is 4.63. The van der Waals surface area contributed by atoms with E-state index in [4.69, 9.17) is 4.74 Å². The van der Waals surface area contributed by atoms with Crippen LogP contribution < -0.4 is 10.1 Å². The van der Waals surface area contributed by atoms with Gasteiger partial charge in [-0.15, -0.1) is 0 Å². The summed E-state index contributed by atoms with van der Waals surface area (Å²) < 4.78 is 5.26. The first-order chi connectivity index (χ1) is 10.6. The van der Waals surface area contributed by atoms with Crippen LogP contribution in [0.2, 0.25) is 0 Å². The quantitative estimate of drug-likeness (QED) is 0.890. The van der Waals surface area contributed by atoms with Gasteiger partial charge in [-0.05, 0) is 30.7 Å². The molecule has 2 rings (SSSR count). The Bertz CT molecular complexity index is 710. The van der Waals surface area contributed by atoms with Gasteiger partial charge in [0.1, 0.15) is 11.3 Å². The zero-order valence-electron chi connectivity index (χ0n) is 12.4. The summed E-state index contributed by atoms with van der Waals surface area (Å²) in [6.07, 6.45) is 0. The van der Waals surface area contributed by atoms with E-state index in [0.29, 0.717) is 17.7 Å². The van der Waals surface area contributed by atoms with E-state index >= 15 is 0 Å². The minimum Gasteiger partial charge on any atom is -0.495 e. The number of rotatable bonds is 5. The second kappa shape index (κ2) is 6.76. The van der Waals surface area contributed by atoms with Crippen molar-refractivity contribution in [2.24, 2.45) is 0 Å². The summed E-state index contributed by atoms with van der Waals surface area (Å²) in [5.41, 5.74) is 1.96. The summed E-state index contributed by atoms with van der Waals surface area (Å²) >= 11 is 0. The van der Waals surface area contributed by atoms with Gasteiger partial charge in [0.2, 0.25) is 0 Å². The normalized spacial score (nSPS) is 10.1. The molecule has 0 bridgehead atoms. The highest BCUT2D eigenvalue weighted by Crippen LogP contribution is 2.33. The summed E-state index contributed by atoms with van der Waals surface area (Å²) in [5, 5.41) is 12.0. The Labute approximate surface area is 128 Å². The highest BCUT2D eigenvalue weighted by Gasteiger charge is 2.16. The Morgan fingerprint density at radius 2 is 1.91 bits per heavy atom. The molecule has 0 unspecified atom stereocenters. The monoisotopic (exact) mass is 299 g/mol. The van der Waals surface area contributed by atoms with E-state index in [0.717, 1.165) is 5.56 Å². The Kier molecular flexibility index (Phi) is 4.78. The number of methoxy groups -OCH3 is 1. The first-order valence-corrected chi connectivity index (χ1v) is 6.87. The molecule has 0 aliphatic carbocycles. The molecule has 2 aromatic rings. The highest BCUT2D eigenvalue weighted by molar-refractivity contribution is 5.97. The molecule has 0 atom stereocenters. The minimum atomic E-state index is -1.06. The van der Waals surface area contributed by atoms with Gasteiger partial charge in [0.25, 0.3) is 5.91 Å². The average molecular weight is 299 g/mol. The minimum absolute atomic E-state index is 0.0865. The van der Waals surface area contributed by atoms with Gasteiger partial charge in [-0.2, -0.15) is 0 Å². The fourth-order valence-electron chi connectivity index (χ4n) is 2.24. The number of para-hydroxylation sites is 1. The fraction of sp³-hybridized carbons (Fsp3) is 0.176. The van der Waals surface area contributed by atoms with E-state index in [-0.39, 0.29) is 17.2 Å². The van der Waals surface area contributed by atoms with Crippen LogP contribution in [0.25, 0.3) is 11.1 Å². The van der Waals surface area contributed by atoms with Crippen LogP contribution in [-0.4, -0.2) is 30.6 Å². The third kappa shape index (κ3) is 3.09. The molecule has 114 valence electrons. The molecule has 0 radical (unpaired) electrons. The Morgan fingerprint density at radius 1 is 1.18 bits per heavy atom. The van der Waals surface area contributed by atoms with Gasteiger partial charge in [-0.3, -0.25) is 4.79 Å². The van der Waals surface area contributed by atoms with Gasteiger partial charge in [0.05, 0.1) is 7.11 Å². The average Bonchev–Trinajstić information content (AvgIpc) is 2.54. The van der Waals surface area contributed by atoms with Crippen LogP contribution >= 0.6 is 0 Å². The summed E-state index contributed by atoms with van der Waals surface area (Å²) in [5.74, 6) is -0.945. The number of carboxylic acid groups (broad SMARTS) is 1.